The summed E-state index contributed by atoms with van der Waals surface area (Å²) in [6, 6.07) is 7.18. The van der Waals surface area contributed by atoms with Crippen LogP contribution in [0.4, 0.5) is 10.5 Å². The van der Waals surface area contributed by atoms with Crippen LogP contribution >= 0.6 is 11.6 Å². The van der Waals surface area contributed by atoms with Gasteiger partial charge in [0.15, 0.2) is 0 Å². The first-order valence-corrected chi connectivity index (χ1v) is 9.09. The number of carbonyl (C=O) groups excluding carboxylic acids is 3. The van der Waals surface area contributed by atoms with Gasteiger partial charge < -0.3 is 15.1 Å². The summed E-state index contributed by atoms with van der Waals surface area (Å²) < 4.78 is 0. The van der Waals surface area contributed by atoms with Gasteiger partial charge in [0.25, 0.3) is 5.91 Å². The fourth-order valence-electron chi connectivity index (χ4n) is 3.59. The predicted molar refractivity (Wildman–Crippen MR) is 99.1 cm³/mol. The Hall–Kier alpha value is -2.28. The van der Waals surface area contributed by atoms with E-state index in [1.54, 1.807) is 13.8 Å². The molecule has 2 N–H and O–H groups in total. The lowest BCUT2D eigenvalue weighted by Crippen LogP contribution is -2.52. The van der Waals surface area contributed by atoms with Crippen molar-refractivity contribution < 1.29 is 14.4 Å². The van der Waals surface area contributed by atoms with E-state index < -0.39 is 11.6 Å². The monoisotopic (exact) mass is 378 g/mol. The molecule has 26 heavy (non-hydrogen) atoms. The molecule has 0 bridgehead atoms. The molecule has 2 unspecified atom stereocenters. The second kappa shape index (κ2) is 7.15. The number of rotatable bonds is 4. The van der Waals surface area contributed by atoms with Crippen LogP contribution in [0.1, 0.15) is 20.3 Å². The van der Waals surface area contributed by atoms with Crippen molar-refractivity contribution in [2.75, 3.05) is 31.1 Å². The van der Waals surface area contributed by atoms with Crippen LogP contribution in [0.3, 0.4) is 0 Å². The van der Waals surface area contributed by atoms with Crippen LogP contribution in [0.25, 0.3) is 0 Å². The third-order valence-electron chi connectivity index (χ3n) is 5.02. The molecule has 2 aliphatic rings. The quantitative estimate of drug-likeness (QED) is 0.780. The first kappa shape index (κ1) is 18.5. The van der Waals surface area contributed by atoms with Crippen LogP contribution in [0.15, 0.2) is 24.3 Å². The van der Waals surface area contributed by atoms with Gasteiger partial charge in [-0.1, -0.05) is 24.6 Å². The maximum absolute atomic E-state index is 12.8. The minimum atomic E-state index is -1.03. The highest BCUT2D eigenvalue weighted by atomic mass is 35.5. The molecule has 8 heteroatoms. The number of halogens is 1. The van der Waals surface area contributed by atoms with Crippen molar-refractivity contribution in [2.45, 2.75) is 25.8 Å². The van der Waals surface area contributed by atoms with E-state index in [-0.39, 0.29) is 24.2 Å². The van der Waals surface area contributed by atoms with Gasteiger partial charge >= 0.3 is 6.03 Å². The fourth-order valence-corrected chi connectivity index (χ4v) is 3.78. The van der Waals surface area contributed by atoms with Gasteiger partial charge in [-0.3, -0.25) is 14.9 Å². The topological polar surface area (TPSA) is 81.8 Å². The zero-order chi connectivity index (χ0) is 18.9. The van der Waals surface area contributed by atoms with Crippen LogP contribution in [0, 0.1) is 5.92 Å². The van der Waals surface area contributed by atoms with Crippen LogP contribution < -0.4 is 15.5 Å². The van der Waals surface area contributed by atoms with Crippen molar-refractivity contribution in [1.29, 1.82) is 0 Å². The molecule has 0 aromatic heterocycles. The number of urea groups is 1. The summed E-state index contributed by atoms with van der Waals surface area (Å²) in [6.45, 7) is 6.14. The lowest BCUT2D eigenvalue weighted by Gasteiger charge is -2.38. The first-order valence-electron chi connectivity index (χ1n) is 8.71. The molecule has 7 nitrogen and oxygen atoms in total. The van der Waals surface area contributed by atoms with Gasteiger partial charge in [-0.15, -0.1) is 0 Å². The summed E-state index contributed by atoms with van der Waals surface area (Å²) in [5.74, 6) is -0.735. The van der Waals surface area contributed by atoms with Crippen molar-refractivity contribution in [3.8, 4) is 0 Å². The molecular weight excluding hydrogens is 356 g/mol. The Morgan fingerprint density at radius 1 is 1.27 bits per heavy atom. The molecule has 1 aromatic carbocycles. The van der Waals surface area contributed by atoms with E-state index in [1.807, 2.05) is 29.2 Å². The summed E-state index contributed by atoms with van der Waals surface area (Å²) in [5, 5.41) is 5.53. The molecule has 2 aliphatic heterocycles. The second-order valence-corrected chi connectivity index (χ2v) is 7.57. The average molecular weight is 379 g/mol. The van der Waals surface area contributed by atoms with Gasteiger partial charge in [0, 0.05) is 42.8 Å². The highest BCUT2D eigenvalue weighted by Crippen LogP contribution is 2.24. The van der Waals surface area contributed by atoms with Gasteiger partial charge in [-0.2, -0.15) is 0 Å². The Labute approximate surface area is 157 Å². The molecule has 0 saturated carbocycles. The fraction of sp³-hybridized carbons (Fsp3) is 0.500. The largest absolute Gasteiger partial charge is 0.368 e. The van der Waals surface area contributed by atoms with Crippen molar-refractivity contribution >= 4 is 35.1 Å². The lowest BCUT2D eigenvalue weighted by molar-refractivity contribution is -0.136. The van der Waals surface area contributed by atoms with E-state index in [4.69, 9.17) is 11.6 Å². The molecule has 2 fully saturated rings. The van der Waals surface area contributed by atoms with Crippen LogP contribution in [0.2, 0.25) is 5.02 Å². The van der Waals surface area contributed by atoms with Crippen molar-refractivity contribution in [1.82, 2.24) is 15.5 Å². The van der Waals surface area contributed by atoms with Crippen LogP contribution in [-0.2, 0) is 9.59 Å². The second-order valence-electron chi connectivity index (χ2n) is 7.14. The van der Waals surface area contributed by atoms with Gasteiger partial charge in [0.2, 0.25) is 5.91 Å². The average Bonchev–Trinajstić information content (AvgIpc) is 2.86. The maximum Gasteiger partial charge on any atom is 0.322 e. The summed E-state index contributed by atoms with van der Waals surface area (Å²) in [4.78, 5) is 40.1. The molecule has 3 rings (SSSR count). The standard InChI is InChI=1S/C18H23ClN4O3/c1-12(11-18(2)16(25)20-17(26)21-18)15(24)23-8-6-22(7-9-23)14-5-3-4-13(19)10-14/h3-5,10,12H,6-9,11H2,1-2H3,(H2,20,21,25,26). The number of nitrogens with one attached hydrogen (secondary N) is 2. The summed E-state index contributed by atoms with van der Waals surface area (Å²) in [5.41, 5.74) is 0.0184. The number of carbonyl (C=O) groups is 3. The minimum Gasteiger partial charge on any atom is -0.368 e. The molecule has 0 radical (unpaired) electrons. The first-order chi connectivity index (χ1) is 12.3. The third kappa shape index (κ3) is 3.77. The molecule has 2 saturated heterocycles. The number of hydrogen-bond acceptors (Lipinski definition) is 4. The highest BCUT2D eigenvalue weighted by Gasteiger charge is 2.44. The molecule has 4 amide bonds. The van der Waals surface area contributed by atoms with E-state index in [2.05, 4.69) is 15.5 Å². The zero-order valence-corrected chi connectivity index (χ0v) is 15.7. The Bertz CT molecular complexity index is 733. The number of benzene rings is 1. The van der Waals surface area contributed by atoms with E-state index in [0.717, 1.165) is 18.8 Å². The number of hydrogen-bond donors (Lipinski definition) is 2. The lowest BCUT2D eigenvalue weighted by atomic mass is 9.89. The number of anilines is 1. The zero-order valence-electron chi connectivity index (χ0n) is 14.9. The molecular formula is C18H23ClN4O3. The van der Waals surface area contributed by atoms with E-state index in [1.165, 1.54) is 0 Å². The van der Waals surface area contributed by atoms with E-state index in [9.17, 15) is 14.4 Å². The molecule has 2 atom stereocenters. The number of imide groups is 1. The number of amides is 4. The Balaban J connectivity index is 1.56. The summed E-state index contributed by atoms with van der Waals surface area (Å²) >= 11 is 6.05. The van der Waals surface area contributed by atoms with Gasteiger partial charge in [0.05, 0.1) is 0 Å². The van der Waals surface area contributed by atoms with E-state index >= 15 is 0 Å². The van der Waals surface area contributed by atoms with Crippen molar-refractivity contribution in [3.63, 3.8) is 0 Å². The van der Waals surface area contributed by atoms with Crippen molar-refractivity contribution in [3.05, 3.63) is 29.3 Å². The van der Waals surface area contributed by atoms with Gasteiger partial charge in [0.1, 0.15) is 5.54 Å². The van der Waals surface area contributed by atoms with Crippen LogP contribution in [-0.4, -0.2) is 54.5 Å². The van der Waals surface area contributed by atoms with Gasteiger partial charge in [-0.05, 0) is 31.5 Å². The Morgan fingerprint density at radius 2 is 1.96 bits per heavy atom. The van der Waals surface area contributed by atoms with Crippen molar-refractivity contribution in [2.24, 2.45) is 5.92 Å². The minimum absolute atomic E-state index is 0.00548. The Morgan fingerprint density at radius 3 is 2.54 bits per heavy atom. The third-order valence-corrected chi connectivity index (χ3v) is 5.25. The number of piperazine rings is 1. The molecule has 140 valence electrons. The predicted octanol–water partition coefficient (Wildman–Crippen LogP) is 1.61. The van der Waals surface area contributed by atoms with E-state index in [0.29, 0.717) is 18.1 Å². The molecule has 2 heterocycles. The summed E-state index contributed by atoms with van der Waals surface area (Å²) in [7, 11) is 0. The summed E-state index contributed by atoms with van der Waals surface area (Å²) in [6.07, 6.45) is 0.276. The Kier molecular flexibility index (Phi) is 5.09. The normalized spacial score (nSPS) is 24.3. The number of nitrogens with zero attached hydrogens (tertiary/aromatic N) is 2. The maximum atomic E-state index is 12.8. The molecule has 0 aliphatic carbocycles. The van der Waals surface area contributed by atoms with Gasteiger partial charge in [-0.25, -0.2) is 4.79 Å². The molecule has 0 spiro atoms. The molecule has 1 aromatic rings. The highest BCUT2D eigenvalue weighted by molar-refractivity contribution is 6.30. The van der Waals surface area contributed by atoms with Crippen LogP contribution in [0.5, 0.6) is 0 Å². The SMILES string of the molecule is CC(CC1(C)NC(=O)NC1=O)C(=O)N1CCN(c2cccc(Cl)c2)CC1. The smallest absolute Gasteiger partial charge is 0.322 e.